The monoisotopic (exact) mass is 615 g/mol. The third kappa shape index (κ3) is 5.41. The number of alkyl halides is 1. The zero-order valence-electron chi connectivity index (χ0n) is 23.4. The highest BCUT2D eigenvalue weighted by Gasteiger charge is 2.34. The summed E-state index contributed by atoms with van der Waals surface area (Å²) in [6.07, 6.45) is 4.90. The first kappa shape index (κ1) is 29.3. The quantitative estimate of drug-likeness (QED) is 0.311. The Kier molecular flexibility index (Phi) is 8.21. The molecule has 6 heterocycles. The van der Waals surface area contributed by atoms with Crippen LogP contribution in [-0.2, 0) is 4.74 Å². The van der Waals surface area contributed by atoms with Crippen molar-refractivity contribution in [3.63, 3.8) is 0 Å². The van der Waals surface area contributed by atoms with E-state index in [4.69, 9.17) is 15.2 Å². The van der Waals surface area contributed by atoms with E-state index in [0.717, 1.165) is 30.7 Å². The van der Waals surface area contributed by atoms with Gasteiger partial charge in [-0.1, -0.05) is 0 Å². The van der Waals surface area contributed by atoms with Gasteiger partial charge in [0.1, 0.15) is 45.9 Å². The van der Waals surface area contributed by atoms with Crippen molar-refractivity contribution in [1.82, 2.24) is 19.9 Å². The Labute approximate surface area is 248 Å². The number of rotatable bonds is 3. The van der Waals surface area contributed by atoms with E-state index in [1.807, 2.05) is 11.0 Å². The van der Waals surface area contributed by atoms with E-state index in [0.29, 0.717) is 56.2 Å². The number of pyridine rings is 1. The third-order valence-electron chi connectivity index (χ3n) is 8.05. The maximum atomic E-state index is 15.9. The summed E-state index contributed by atoms with van der Waals surface area (Å²) >= 11 is 0.786. The Morgan fingerprint density at radius 3 is 2.74 bits per heavy atom. The lowest BCUT2D eigenvalue weighted by molar-refractivity contribution is 0.152. The fourth-order valence-corrected chi connectivity index (χ4v) is 7.01. The minimum Gasteiger partial charge on any atom is -0.467 e. The number of hydrogen-bond donors (Lipinski definition) is 1. The molecule has 14 heteroatoms. The number of fused-ring (bicyclic) bond motifs is 3. The van der Waals surface area contributed by atoms with Crippen LogP contribution in [-0.4, -0.2) is 78.6 Å². The van der Waals surface area contributed by atoms with Crippen LogP contribution in [0.15, 0.2) is 12.3 Å². The largest absolute Gasteiger partial charge is 0.467 e. The molecule has 3 aromatic heterocycles. The molecule has 0 radical (unpaired) electrons. The topological polar surface area (TPSA) is 113 Å². The molecule has 2 N–H and O–H groups in total. The molecule has 3 aliphatic heterocycles. The van der Waals surface area contributed by atoms with Crippen molar-refractivity contribution in [1.29, 1.82) is 5.26 Å². The Morgan fingerprint density at radius 1 is 1.14 bits per heavy atom. The van der Waals surface area contributed by atoms with E-state index in [2.05, 4.69) is 19.9 Å². The second-order valence-corrected chi connectivity index (χ2v) is 11.7. The summed E-state index contributed by atoms with van der Waals surface area (Å²) in [6, 6.07) is 3.02. The van der Waals surface area contributed by atoms with Crippen LogP contribution >= 0.6 is 11.3 Å². The number of ether oxygens (including phenoxy) is 2. The minimum absolute atomic E-state index is 0.000824. The predicted molar refractivity (Wildman–Crippen MR) is 155 cm³/mol. The van der Waals surface area contributed by atoms with Crippen molar-refractivity contribution >= 4 is 43.1 Å². The third-order valence-corrected chi connectivity index (χ3v) is 9.08. The molecule has 1 aromatic carbocycles. The van der Waals surface area contributed by atoms with E-state index < -0.39 is 29.3 Å². The van der Waals surface area contributed by atoms with Gasteiger partial charge in [-0.05, 0) is 32.2 Å². The van der Waals surface area contributed by atoms with Gasteiger partial charge in [0.2, 0.25) is 0 Å². The van der Waals surface area contributed by atoms with Crippen LogP contribution in [0.25, 0.3) is 32.2 Å². The molecule has 0 saturated carbocycles. The first-order chi connectivity index (χ1) is 20.8. The Hall–Kier alpha value is -3.80. The molecule has 7 rings (SSSR count). The molecule has 0 aliphatic carbocycles. The molecule has 43 heavy (non-hydrogen) atoms. The van der Waals surface area contributed by atoms with E-state index in [-0.39, 0.29) is 37.7 Å². The molecule has 0 amide bonds. The Morgan fingerprint density at radius 2 is 1.98 bits per heavy atom. The van der Waals surface area contributed by atoms with Crippen LogP contribution in [0.4, 0.5) is 28.4 Å². The molecule has 9 nitrogen and oxygen atoms in total. The zero-order valence-corrected chi connectivity index (χ0v) is 24.2. The number of anilines is 2. The summed E-state index contributed by atoms with van der Waals surface area (Å²) in [5.74, 6) is -2.51. The molecule has 3 fully saturated rings. The molecule has 226 valence electrons. The maximum Gasteiger partial charge on any atom is 0.318 e. The zero-order chi connectivity index (χ0) is 30.2. The van der Waals surface area contributed by atoms with Crippen molar-refractivity contribution in [2.24, 2.45) is 0 Å². The van der Waals surface area contributed by atoms with Crippen molar-refractivity contribution in [3.05, 3.63) is 35.3 Å². The average molecular weight is 616 g/mol. The summed E-state index contributed by atoms with van der Waals surface area (Å²) in [7, 11) is 1.35. The van der Waals surface area contributed by atoms with Gasteiger partial charge in [0, 0.05) is 55.5 Å². The van der Waals surface area contributed by atoms with Gasteiger partial charge in [-0.3, -0.25) is 9.88 Å². The van der Waals surface area contributed by atoms with E-state index >= 15 is 8.78 Å². The van der Waals surface area contributed by atoms with E-state index in [1.165, 1.54) is 26.1 Å². The van der Waals surface area contributed by atoms with Gasteiger partial charge in [0.05, 0.1) is 29.4 Å². The van der Waals surface area contributed by atoms with Gasteiger partial charge < -0.3 is 20.1 Å². The first-order valence-corrected chi connectivity index (χ1v) is 14.8. The minimum atomic E-state index is -1.07. The lowest BCUT2D eigenvalue weighted by Crippen LogP contribution is -2.27. The van der Waals surface area contributed by atoms with Gasteiger partial charge in [-0.2, -0.15) is 15.2 Å². The highest BCUT2D eigenvalue weighted by atomic mass is 32.1. The number of thiophene rings is 1. The standard InChI is InChI=1S/C22H17F3N6O2S.C7H12FN/c1-32-22-29-17-11(21(30-22)31-3-2-5-33-6-4-31)9-28-18(16(17)25)15-12(23)7-13(24)19-14(15)10(8-26)20(27)34-19;8-6-4-7-2-1-3-9(7)5-6/h7,9H,2-6,27H2,1H3;6-7H,1-5H2/t;6-,7?/m.1/s1. The maximum absolute atomic E-state index is 15.9. The predicted octanol–water partition coefficient (Wildman–Crippen LogP) is 5.21. The summed E-state index contributed by atoms with van der Waals surface area (Å²) in [5.41, 5.74) is 4.79. The molecule has 2 atom stereocenters. The number of halogens is 4. The second-order valence-electron chi connectivity index (χ2n) is 10.7. The normalized spacial score (nSPS) is 20.5. The molecule has 3 saturated heterocycles. The van der Waals surface area contributed by atoms with Gasteiger partial charge in [-0.15, -0.1) is 11.3 Å². The number of nitrogen functional groups attached to an aromatic ring is 1. The molecule has 0 bridgehead atoms. The van der Waals surface area contributed by atoms with Crippen molar-refractivity contribution in [2.75, 3.05) is 57.1 Å². The number of nitrogens with two attached hydrogens (primary N) is 1. The summed E-state index contributed by atoms with van der Waals surface area (Å²) in [5, 5.41) is 9.71. The number of methoxy groups -OCH3 is 1. The molecular weight excluding hydrogens is 586 g/mol. The van der Waals surface area contributed by atoms with Crippen LogP contribution < -0.4 is 15.4 Å². The van der Waals surface area contributed by atoms with E-state index in [1.54, 1.807) is 0 Å². The summed E-state index contributed by atoms with van der Waals surface area (Å²) in [4.78, 5) is 16.9. The lowest BCUT2D eigenvalue weighted by atomic mass is 10.0. The van der Waals surface area contributed by atoms with Crippen molar-refractivity contribution in [3.8, 4) is 23.3 Å². The molecule has 1 unspecified atom stereocenters. The molecular formula is C29H29F4N7O2S. The lowest BCUT2D eigenvalue weighted by Gasteiger charge is -2.22. The smallest absolute Gasteiger partial charge is 0.318 e. The highest BCUT2D eigenvalue weighted by molar-refractivity contribution is 7.23. The number of nitriles is 1. The molecule has 4 aromatic rings. The summed E-state index contributed by atoms with van der Waals surface area (Å²) < 4.78 is 68.7. The van der Waals surface area contributed by atoms with Gasteiger partial charge >= 0.3 is 6.01 Å². The number of nitrogens with zero attached hydrogens (tertiary/aromatic N) is 6. The van der Waals surface area contributed by atoms with Crippen LogP contribution in [0.3, 0.4) is 0 Å². The van der Waals surface area contributed by atoms with Gasteiger partial charge in [0.15, 0.2) is 5.82 Å². The van der Waals surface area contributed by atoms with Crippen molar-refractivity contribution < 1.29 is 27.0 Å². The van der Waals surface area contributed by atoms with E-state index in [9.17, 15) is 14.0 Å². The number of hydrogen-bond acceptors (Lipinski definition) is 10. The fourth-order valence-electron chi connectivity index (χ4n) is 6.08. The Balaban J connectivity index is 0.000000310. The molecule has 0 spiro atoms. The van der Waals surface area contributed by atoms with Crippen LogP contribution in [0, 0.1) is 28.8 Å². The number of benzene rings is 1. The van der Waals surface area contributed by atoms with Crippen molar-refractivity contribution in [2.45, 2.75) is 37.9 Å². The second kappa shape index (κ2) is 12.1. The fraction of sp³-hybridized carbons (Fsp3) is 0.448. The van der Waals surface area contributed by atoms with Crippen LogP contribution in [0.5, 0.6) is 6.01 Å². The van der Waals surface area contributed by atoms with Crippen LogP contribution in [0.1, 0.15) is 31.2 Å². The first-order valence-electron chi connectivity index (χ1n) is 14.0. The highest BCUT2D eigenvalue weighted by Crippen LogP contribution is 2.43. The average Bonchev–Trinajstić information content (AvgIpc) is 3.59. The van der Waals surface area contributed by atoms with Crippen LogP contribution in [0.2, 0.25) is 0 Å². The van der Waals surface area contributed by atoms with Gasteiger partial charge in [-0.25, -0.2) is 17.6 Å². The summed E-state index contributed by atoms with van der Waals surface area (Å²) in [6.45, 7) is 4.06. The SMILES string of the molecule is COc1nc(N2CCCOCC2)c2cnc(-c3c(F)cc(F)c4sc(N)c(C#N)c34)c(F)c2n1.F[C@@H]1CC2CCCN2C1. The molecule has 3 aliphatic rings. The number of aromatic nitrogens is 3. The van der Waals surface area contributed by atoms with Gasteiger partial charge in [0.25, 0.3) is 0 Å². The Bertz CT molecular complexity index is 1710.